The third kappa shape index (κ3) is 5.95. The molecule has 11 heteroatoms. The zero-order valence-electron chi connectivity index (χ0n) is 19.9. The van der Waals surface area contributed by atoms with Crippen LogP contribution < -0.4 is 10.2 Å². The molecule has 2 aromatic carbocycles. The summed E-state index contributed by atoms with van der Waals surface area (Å²) in [7, 11) is 0. The van der Waals surface area contributed by atoms with Gasteiger partial charge in [0.2, 0.25) is 5.82 Å². The molecule has 36 heavy (non-hydrogen) atoms. The van der Waals surface area contributed by atoms with E-state index in [2.05, 4.69) is 20.7 Å². The lowest BCUT2D eigenvalue weighted by Gasteiger charge is -2.32. The zero-order chi connectivity index (χ0) is 25.9. The summed E-state index contributed by atoms with van der Waals surface area (Å²) in [6.07, 6.45) is 1.44. The average Bonchev–Trinajstić information content (AvgIpc) is 3.50. The second kappa shape index (κ2) is 10.3. The minimum Gasteiger partial charge on any atom is -0.467 e. The van der Waals surface area contributed by atoms with Gasteiger partial charge in [0.1, 0.15) is 18.1 Å². The maximum absolute atomic E-state index is 13.7. The molecule has 1 atom stereocenters. The smallest absolute Gasteiger partial charge is 0.251 e. The van der Waals surface area contributed by atoms with E-state index in [0.717, 1.165) is 4.80 Å². The van der Waals surface area contributed by atoms with Gasteiger partial charge in [0.15, 0.2) is 6.04 Å². The maximum Gasteiger partial charge on any atom is 0.251 e. The summed E-state index contributed by atoms with van der Waals surface area (Å²) < 4.78 is 18.8. The van der Waals surface area contributed by atoms with Crippen molar-refractivity contribution in [2.45, 2.75) is 38.9 Å². The van der Waals surface area contributed by atoms with Gasteiger partial charge in [-0.05, 0) is 86.6 Å². The molecule has 9 nitrogen and oxygen atoms in total. The molecule has 2 aromatic heterocycles. The molecule has 0 fully saturated rings. The number of amides is 2. The predicted molar refractivity (Wildman–Crippen MR) is 131 cm³/mol. The van der Waals surface area contributed by atoms with E-state index in [9.17, 15) is 14.0 Å². The van der Waals surface area contributed by atoms with Gasteiger partial charge in [0.05, 0.1) is 6.26 Å². The van der Waals surface area contributed by atoms with E-state index >= 15 is 0 Å². The Bertz CT molecular complexity index is 1330. The maximum atomic E-state index is 13.7. The SMILES string of the molecule is CC(C)(C)NC(=O)[C@@H](c1ccco1)N(C(=O)Cn1nnc(-c2ccc(F)cc2)n1)c1ccc(Cl)cc1. The highest BCUT2D eigenvalue weighted by molar-refractivity contribution is 6.30. The van der Waals surface area contributed by atoms with Crippen LogP contribution in [0, 0.1) is 5.82 Å². The topological polar surface area (TPSA) is 106 Å². The van der Waals surface area contributed by atoms with Crippen LogP contribution in [0.15, 0.2) is 71.3 Å². The molecule has 0 aliphatic rings. The highest BCUT2D eigenvalue weighted by atomic mass is 35.5. The number of hydrogen-bond acceptors (Lipinski definition) is 6. The minimum absolute atomic E-state index is 0.230. The molecule has 4 rings (SSSR count). The Balaban J connectivity index is 1.69. The van der Waals surface area contributed by atoms with Crippen molar-refractivity contribution < 1.29 is 18.4 Å². The molecule has 0 saturated carbocycles. The van der Waals surface area contributed by atoms with Gasteiger partial charge in [0.25, 0.3) is 11.8 Å². The van der Waals surface area contributed by atoms with Crippen molar-refractivity contribution in [3.63, 3.8) is 0 Å². The molecule has 2 amide bonds. The molecule has 2 heterocycles. The lowest BCUT2D eigenvalue weighted by molar-refractivity contribution is -0.128. The fraction of sp³-hybridized carbons (Fsp3) is 0.240. The second-order valence-electron chi connectivity index (χ2n) is 9.05. The minimum atomic E-state index is -1.12. The van der Waals surface area contributed by atoms with Crippen LogP contribution >= 0.6 is 11.6 Å². The normalized spacial score (nSPS) is 12.2. The molecule has 0 saturated heterocycles. The van der Waals surface area contributed by atoms with Crippen molar-refractivity contribution in [2.24, 2.45) is 0 Å². The van der Waals surface area contributed by atoms with Crippen molar-refractivity contribution in [3.05, 3.63) is 83.5 Å². The number of nitrogens with zero attached hydrogens (tertiary/aromatic N) is 5. The van der Waals surface area contributed by atoms with E-state index in [4.69, 9.17) is 16.0 Å². The van der Waals surface area contributed by atoms with Crippen molar-refractivity contribution in [1.29, 1.82) is 0 Å². The highest BCUT2D eigenvalue weighted by Crippen LogP contribution is 2.30. The zero-order valence-corrected chi connectivity index (χ0v) is 20.6. The molecular formula is C25H24ClFN6O3. The van der Waals surface area contributed by atoms with E-state index in [1.165, 1.54) is 35.4 Å². The van der Waals surface area contributed by atoms with Crippen LogP contribution in [0.25, 0.3) is 11.4 Å². The van der Waals surface area contributed by atoms with Crippen LogP contribution in [0.1, 0.15) is 32.6 Å². The Labute approximate surface area is 211 Å². The second-order valence-corrected chi connectivity index (χ2v) is 9.48. The molecule has 0 unspecified atom stereocenters. The van der Waals surface area contributed by atoms with Crippen LogP contribution in [-0.4, -0.2) is 37.6 Å². The summed E-state index contributed by atoms with van der Waals surface area (Å²) >= 11 is 6.07. The monoisotopic (exact) mass is 510 g/mol. The number of nitrogens with one attached hydrogen (secondary N) is 1. The third-order valence-electron chi connectivity index (χ3n) is 5.02. The number of tetrazole rings is 1. The molecule has 1 N–H and O–H groups in total. The number of halogens is 2. The average molecular weight is 511 g/mol. The molecule has 0 aliphatic carbocycles. The summed E-state index contributed by atoms with van der Waals surface area (Å²) in [6.45, 7) is 5.20. The van der Waals surface area contributed by atoms with Crippen LogP contribution in [0.5, 0.6) is 0 Å². The predicted octanol–water partition coefficient (Wildman–Crippen LogP) is 4.41. The summed E-state index contributed by atoms with van der Waals surface area (Å²) in [5.74, 6) is -0.810. The molecule has 4 aromatic rings. The van der Waals surface area contributed by atoms with Crippen LogP contribution in [-0.2, 0) is 16.1 Å². The van der Waals surface area contributed by atoms with Crippen molar-refractivity contribution in [3.8, 4) is 11.4 Å². The summed E-state index contributed by atoms with van der Waals surface area (Å²) in [6, 6.07) is 14.3. The van der Waals surface area contributed by atoms with Gasteiger partial charge in [-0.3, -0.25) is 14.5 Å². The molecule has 0 radical (unpaired) electrons. The number of carbonyl (C=O) groups is 2. The Morgan fingerprint density at radius 3 is 2.42 bits per heavy atom. The van der Waals surface area contributed by atoms with Gasteiger partial charge in [0, 0.05) is 21.8 Å². The first-order valence-electron chi connectivity index (χ1n) is 11.1. The highest BCUT2D eigenvalue weighted by Gasteiger charge is 2.36. The Morgan fingerprint density at radius 2 is 1.81 bits per heavy atom. The van der Waals surface area contributed by atoms with Gasteiger partial charge in [-0.25, -0.2) is 4.39 Å². The Kier molecular flexibility index (Phi) is 7.16. The Hall–Kier alpha value is -4.05. The van der Waals surface area contributed by atoms with Gasteiger partial charge in [-0.15, -0.1) is 10.2 Å². The number of rotatable bonds is 7. The lowest BCUT2D eigenvalue weighted by Crippen LogP contribution is -2.50. The number of benzene rings is 2. The number of hydrogen-bond donors (Lipinski definition) is 1. The van der Waals surface area contributed by atoms with E-state index in [1.807, 2.05) is 20.8 Å². The molecule has 0 aliphatic heterocycles. The first kappa shape index (κ1) is 25.1. The van der Waals surface area contributed by atoms with E-state index < -0.39 is 29.2 Å². The van der Waals surface area contributed by atoms with Crippen LogP contribution in [0.4, 0.5) is 10.1 Å². The van der Waals surface area contributed by atoms with Gasteiger partial charge in [-0.2, -0.15) is 4.80 Å². The standard InChI is InChI=1S/C25H24ClFN6O3/c1-25(2,3)28-24(35)22(20-5-4-14-36-20)33(19-12-8-17(26)9-13-19)21(34)15-32-30-23(29-31-32)16-6-10-18(27)11-7-16/h4-14,22H,15H2,1-3H3,(H,28,35)/t22-/m1/s1. The van der Waals surface area contributed by atoms with E-state index in [1.54, 1.807) is 36.4 Å². The van der Waals surface area contributed by atoms with E-state index in [-0.39, 0.29) is 18.1 Å². The largest absolute Gasteiger partial charge is 0.467 e. The quantitative estimate of drug-likeness (QED) is 0.394. The number of furan rings is 1. The van der Waals surface area contributed by atoms with Crippen LogP contribution in [0.2, 0.25) is 5.02 Å². The van der Waals surface area contributed by atoms with Crippen LogP contribution in [0.3, 0.4) is 0 Å². The number of anilines is 1. The molecule has 186 valence electrons. The first-order valence-corrected chi connectivity index (χ1v) is 11.5. The lowest BCUT2D eigenvalue weighted by atomic mass is 10.1. The van der Waals surface area contributed by atoms with Crippen molar-refractivity contribution >= 4 is 29.1 Å². The molecular weight excluding hydrogens is 487 g/mol. The van der Waals surface area contributed by atoms with Gasteiger partial charge < -0.3 is 9.73 Å². The Morgan fingerprint density at radius 1 is 1.11 bits per heavy atom. The molecule has 0 bridgehead atoms. The fourth-order valence-corrected chi connectivity index (χ4v) is 3.65. The summed E-state index contributed by atoms with van der Waals surface area (Å²) in [5, 5.41) is 15.6. The van der Waals surface area contributed by atoms with Gasteiger partial charge >= 0.3 is 0 Å². The van der Waals surface area contributed by atoms with Crippen molar-refractivity contribution in [2.75, 3.05) is 4.90 Å². The molecule has 0 spiro atoms. The number of aromatic nitrogens is 4. The first-order chi connectivity index (χ1) is 17.1. The summed E-state index contributed by atoms with van der Waals surface area (Å²) in [5.41, 5.74) is 0.408. The van der Waals surface area contributed by atoms with Gasteiger partial charge in [-0.1, -0.05) is 11.6 Å². The van der Waals surface area contributed by atoms with Crippen molar-refractivity contribution in [1.82, 2.24) is 25.5 Å². The van der Waals surface area contributed by atoms with E-state index in [0.29, 0.717) is 16.3 Å². The fourth-order valence-electron chi connectivity index (χ4n) is 3.52. The number of carbonyl (C=O) groups excluding carboxylic acids is 2. The summed E-state index contributed by atoms with van der Waals surface area (Å²) in [4.78, 5) is 29.6. The third-order valence-corrected chi connectivity index (χ3v) is 5.27.